The molecule has 4 aromatic rings. The van der Waals surface area contributed by atoms with Gasteiger partial charge in [-0.1, -0.05) is 86.6 Å². The Bertz CT molecular complexity index is 1000. The van der Waals surface area contributed by atoms with Crippen LogP contribution in [0, 0.1) is 0 Å². The van der Waals surface area contributed by atoms with Gasteiger partial charge in [-0.25, -0.2) is 4.98 Å². The lowest BCUT2D eigenvalue weighted by atomic mass is 9.93. The number of aromatic nitrogens is 1. The predicted molar refractivity (Wildman–Crippen MR) is 107 cm³/mol. The molecule has 0 unspecified atom stereocenters. The molecule has 4 rings (SSSR count). The van der Waals surface area contributed by atoms with Crippen molar-refractivity contribution in [1.82, 2.24) is 4.98 Å². The molecular weight excluding hydrogens is 302 g/mol. The number of hydrogen-bond donors (Lipinski definition) is 0. The minimum Gasteiger partial charge on any atom is -0.247 e. The van der Waals surface area contributed by atoms with E-state index >= 15 is 0 Å². The lowest BCUT2D eigenvalue weighted by Gasteiger charge is -2.15. The molecule has 0 amide bonds. The summed E-state index contributed by atoms with van der Waals surface area (Å²) in [4.78, 5) is 5.06. The zero-order chi connectivity index (χ0) is 17.2. The fourth-order valence-electron chi connectivity index (χ4n) is 3.38. The van der Waals surface area contributed by atoms with Gasteiger partial charge in [0.05, 0.1) is 11.2 Å². The van der Waals surface area contributed by atoms with Crippen LogP contribution in [0.15, 0.2) is 84.9 Å². The van der Waals surface area contributed by atoms with Crippen LogP contribution in [0.3, 0.4) is 0 Å². The van der Waals surface area contributed by atoms with Crippen LogP contribution in [0.1, 0.15) is 25.3 Å². The molecule has 0 saturated carbocycles. The second kappa shape index (κ2) is 6.52. The Labute approximate surface area is 149 Å². The van der Waals surface area contributed by atoms with Crippen LogP contribution in [0.4, 0.5) is 0 Å². The fourth-order valence-corrected chi connectivity index (χ4v) is 3.38. The van der Waals surface area contributed by atoms with Crippen molar-refractivity contribution in [3.63, 3.8) is 0 Å². The first-order valence-electron chi connectivity index (χ1n) is 8.78. The molecular formula is C24H21N. The predicted octanol–water partition coefficient (Wildman–Crippen LogP) is 6.69. The van der Waals surface area contributed by atoms with Crippen LogP contribution < -0.4 is 0 Å². The van der Waals surface area contributed by atoms with Crippen LogP contribution in [0.2, 0.25) is 0 Å². The molecule has 1 nitrogen and oxygen atoms in total. The number of hydrogen-bond acceptors (Lipinski definition) is 1. The number of benzene rings is 3. The van der Waals surface area contributed by atoms with Crippen molar-refractivity contribution < 1.29 is 0 Å². The van der Waals surface area contributed by atoms with Crippen LogP contribution in [0.25, 0.3) is 33.3 Å². The molecule has 122 valence electrons. The summed E-state index contributed by atoms with van der Waals surface area (Å²) in [5, 5.41) is 1.25. The highest BCUT2D eigenvalue weighted by Crippen LogP contribution is 2.35. The summed E-state index contributed by atoms with van der Waals surface area (Å²) in [5.74, 6) is 0.469. The van der Waals surface area contributed by atoms with Gasteiger partial charge in [0.1, 0.15) is 0 Å². The lowest BCUT2D eigenvalue weighted by Crippen LogP contribution is -1.95. The molecule has 0 saturated heterocycles. The van der Waals surface area contributed by atoms with Gasteiger partial charge in [0, 0.05) is 16.5 Å². The number of rotatable bonds is 3. The maximum atomic E-state index is 5.06. The third-order valence-corrected chi connectivity index (χ3v) is 4.65. The van der Waals surface area contributed by atoms with Gasteiger partial charge in [-0.05, 0) is 29.2 Å². The Hall–Kier alpha value is -2.93. The minimum atomic E-state index is 0.469. The average Bonchev–Trinajstić information content (AvgIpc) is 2.67. The van der Waals surface area contributed by atoms with Crippen LogP contribution in [0.5, 0.6) is 0 Å². The van der Waals surface area contributed by atoms with Crippen molar-refractivity contribution in [2.24, 2.45) is 0 Å². The summed E-state index contributed by atoms with van der Waals surface area (Å²) in [6, 6.07) is 29.8. The third-order valence-electron chi connectivity index (χ3n) is 4.65. The first-order chi connectivity index (χ1) is 12.2. The molecule has 25 heavy (non-hydrogen) atoms. The topological polar surface area (TPSA) is 12.9 Å². The molecule has 0 fully saturated rings. The lowest BCUT2D eigenvalue weighted by molar-refractivity contribution is 0.876. The largest absolute Gasteiger partial charge is 0.247 e. The van der Waals surface area contributed by atoms with Gasteiger partial charge >= 0.3 is 0 Å². The highest BCUT2D eigenvalue weighted by Gasteiger charge is 2.13. The molecule has 0 aliphatic rings. The van der Waals surface area contributed by atoms with E-state index in [9.17, 15) is 0 Å². The molecule has 1 heteroatoms. The molecule has 3 aromatic carbocycles. The van der Waals surface area contributed by atoms with Crippen molar-refractivity contribution in [2.45, 2.75) is 19.8 Å². The van der Waals surface area contributed by atoms with E-state index in [0.717, 1.165) is 16.8 Å². The normalized spacial score (nSPS) is 11.2. The van der Waals surface area contributed by atoms with Gasteiger partial charge in [-0.3, -0.25) is 0 Å². The smallest absolute Gasteiger partial charge is 0.0788 e. The second-order valence-electron chi connectivity index (χ2n) is 6.69. The Morgan fingerprint density at radius 3 is 1.96 bits per heavy atom. The average molecular weight is 323 g/mol. The summed E-state index contributed by atoms with van der Waals surface area (Å²) in [5.41, 5.74) is 6.99. The molecule has 0 atom stereocenters. The maximum absolute atomic E-state index is 5.06. The first kappa shape index (κ1) is 15.6. The molecule has 1 heterocycles. The summed E-state index contributed by atoms with van der Waals surface area (Å²) in [7, 11) is 0. The Kier molecular flexibility index (Phi) is 4.07. The molecule has 0 bridgehead atoms. The van der Waals surface area contributed by atoms with Gasteiger partial charge in [0.2, 0.25) is 0 Å². The maximum Gasteiger partial charge on any atom is 0.0788 e. The third kappa shape index (κ3) is 2.94. The van der Waals surface area contributed by atoms with E-state index in [1.807, 2.05) is 6.07 Å². The summed E-state index contributed by atoms with van der Waals surface area (Å²) >= 11 is 0. The summed E-state index contributed by atoms with van der Waals surface area (Å²) < 4.78 is 0. The zero-order valence-corrected chi connectivity index (χ0v) is 14.6. The van der Waals surface area contributed by atoms with Crippen LogP contribution in [-0.2, 0) is 0 Å². The van der Waals surface area contributed by atoms with Crippen molar-refractivity contribution >= 4 is 10.9 Å². The van der Waals surface area contributed by atoms with Gasteiger partial charge in [-0.2, -0.15) is 0 Å². The van der Waals surface area contributed by atoms with Crippen LogP contribution >= 0.6 is 0 Å². The Morgan fingerprint density at radius 1 is 0.680 bits per heavy atom. The van der Waals surface area contributed by atoms with Gasteiger partial charge < -0.3 is 0 Å². The molecule has 0 radical (unpaired) electrons. The minimum absolute atomic E-state index is 0.469. The molecule has 0 aliphatic heterocycles. The summed E-state index contributed by atoms with van der Waals surface area (Å²) in [6.07, 6.45) is 0. The van der Waals surface area contributed by atoms with E-state index < -0.39 is 0 Å². The summed E-state index contributed by atoms with van der Waals surface area (Å²) in [6.45, 7) is 4.48. The zero-order valence-electron chi connectivity index (χ0n) is 14.6. The first-order valence-corrected chi connectivity index (χ1v) is 8.78. The highest BCUT2D eigenvalue weighted by molar-refractivity contribution is 5.93. The number of fused-ring (bicyclic) bond motifs is 1. The molecule has 1 aromatic heterocycles. The van der Waals surface area contributed by atoms with E-state index in [4.69, 9.17) is 4.98 Å². The quantitative estimate of drug-likeness (QED) is 0.409. The van der Waals surface area contributed by atoms with E-state index in [0.29, 0.717) is 5.92 Å². The van der Waals surface area contributed by atoms with E-state index in [1.165, 1.54) is 22.1 Å². The SMILES string of the molecule is CC(C)c1cccc2nc(-c3ccccc3)c(-c3ccccc3)cc12. The van der Waals surface area contributed by atoms with Crippen LogP contribution in [-0.4, -0.2) is 4.98 Å². The van der Waals surface area contributed by atoms with Gasteiger partial charge in [0.25, 0.3) is 0 Å². The second-order valence-corrected chi connectivity index (χ2v) is 6.69. The fraction of sp³-hybridized carbons (Fsp3) is 0.125. The Balaban J connectivity index is 2.06. The van der Waals surface area contributed by atoms with Crippen molar-refractivity contribution in [1.29, 1.82) is 0 Å². The van der Waals surface area contributed by atoms with E-state index in [2.05, 4.69) is 92.7 Å². The molecule has 0 spiro atoms. The number of nitrogens with zero attached hydrogens (tertiary/aromatic N) is 1. The van der Waals surface area contributed by atoms with Crippen molar-refractivity contribution in [3.8, 4) is 22.4 Å². The Morgan fingerprint density at radius 2 is 1.32 bits per heavy atom. The van der Waals surface area contributed by atoms with Gasteiger partial charge in [0.15, 0.2) is 0 Å². The van der Waals surface area contributed by atoms with Gasteiger partial charge in [-0.15, -0.1) is 0 Å². The molecule has 0 aliphatic carbocycles. The van der Waals surface area contributed by atoms with Crippen molar-refractivity contribution in [2.75, 3.05) is 0 Å². The molecule has 0 N–H and O–H groups in total. The monoisotopic (exact) mass is 323 g/mol. The standard InChI is InChI=1S/C24H21N/c1-17(2)20-14-9-15-23-22(20)16-21(18-10-5-3-6-11-18)24(25-23)19-12-7-4-8-13-19/h3-17H,1-2H3. The van der Waals surface area contributed by atoms with Crippen molar-refractivity contribution in [3.05, 3.63) is 90.5 Å². The number of pyridine rings is 1. The highest BCUT2D eigenvalue weighted by atomic mass is 14.7. The van der Waals surface area contributed by atoms with E-state index in [1.54, 1.807) is 0 Å². The van der Waals surface area contributed by atoms with E-state index in [-0.39, 0.29) is 0 Å².